The van der Waals surface area contributed by atoms with Gasteiger partial charge in [-0.25, -0.2) is 24.2 Å². The summed E-state index contributed by atoms with van der Waals surface area (Å²) in [5, 5.41) is 0. The summed E-state index contributed by atoms with van der Waals surface area (Å²) in [7, 11) is 0. The number of esters is 2. The Bertz CT molecular complexity index is 483. The highest BCUT2D eigenvalue weighted by molar-refractivity contribution is 6.62. The molecule has 0 unspecified atom stereocenters. The maximum atomic E-state index is 11.4. The first-order valence-corrected chi connectivity index (χ1v) is 4.95. The third kappa shape index (κ3) is 3.79. The number of hydrogen-bond acceptors (Lipinski definition) is 7. The smallest absolute Gasteiger partial charge is 0.377 e. The van der Waals surface area contributed by atoms with Gasteiger partial charge in [0, 0.05) is 29.4 Å². The molecule has 1 rings (SSSR count). The molecular weight excluding hydrogens is 289 g/mol. The van der Waals surface area contributed by atoms with Crippen LogP contribution in [0.3, 0.4) is 0 Å². The van der Waals surface area contributed by atoms with E-state index in [4.69, 9.17) is 23.2 Å². The third-order valence-corrected chi connectivity index (χ3v) is 1.72. The normalized spacial score (nSPS) is 9.44. The second kappa shape index (κ2) is 6.08. The average Bonchev–Trinajstić information content (AvgIpc) is 2.27. The van der Waals surface area contributed by atoms with Gasteiger partial charge in [0.25, 0.3) is 0 Å². The number of halogens is 2. The van der Waals surface area contributed by atoms with E-state index in [1.807, 2.05) is 0 Å². The van der Waals surface area contributed by atoms with Gasteiger partial charge in [0.15, 0.2) is 5.69 Å². The zero-order valence-electron chi connectivity index (χ0n) is 8.38. The SMILES string of the molecule is O=C(Cl)OC(=O)c1cccnc1C(=O)OC(=O)Cl. The fraction of sp³-hybridized carbons (Fsp3) is 0. The standard InChI is InChI=1S/C9H3Cl2NO6/c10-8(15)17-6(13)4-2-1-3-12-5(4)7(14)18-9(11)16/h1-3H. The zero-order chi connectivity index (χ0) is 13.7. The van der Waals surface area contributed by atoms with Crippen molar-refractivity contribution in [3.8, 4) is 0 Å². The molecule has 94 valence electrons. The maximum Gasteiger partial charge on any atom is 0.411 e. The van der Waals surface area contributed by atoms with Crippen LogP contribution in [0.25, 0.3) is 0 Å². The van der Waals surface area contributed by atoms with Crippen LogP contribution in [0.15, 0.2) is 18.3 Å². The van der Waals surface area contributed by atoms with Gasteiger partial charge in [-0.3, -0.25) is 0 Å². The van der Waals surface area contributed by atoms with E-state index < -0.39 is 34.1 Å². The van der Waals surface area contributed by atoms with Crippen molar-refractivity contribution in [3.05, 3.63) is 29.6 Å². The van der Waals surface area contributed by atoms with Crippen LogP contribution in [0.4, 0.5) is 9.59 Å². The van der Waals surface area contributed by atoms with Crippen LogP contribution in [0.1, 0.15) is 20.8 Å². The van der Waals surface area contributed by atoms with Gasteiger partial charge in [-0.15, -0.1) is 0 Å². The molecule has 0 saturated carbocycles. The Labute approximate surface area is 110 Å². The van der Waals surface area contributed by atoms with Gasteiger partial charge in [0.2, 0.25) is 0 Å². The summed E-state index contributed by atoms with van der Waals surface area (Å²) in [5.41, 5.74) is -3.70. The lowest BCUT2D eigenvalue weighted by atomic mass is 10.2. The van der Waals surface area contributed by atoms with E-state index in [1.165, 1.54) is 6.07 Å². The highest BCUT2D eigenvalue weighted by Crippen LogP contribution is 2.10. The van der Waals surface area contributed by atoms with Crippen molar-refractivity contribution in [1.82, 2.24) is 4.98 Å². The number of aromatic nitrogens is 1. The minimum atomic E-state index is -1.39. The zero-order valence-corrected chi connectivity index (χ0v) is 9.90. The third-order valence-electron chi connectivity index (χ3n) is 1.57. The molecule has 0 spiro atoms. The first-order chi connectivity index (χ1) is 8.41. The molecule has 0 amide bonds. The van der Waals surface area contributed by atoms with Gasteiger partial charge in [0.05, 0.1) is 5.56 Å². The van der Waals surface area contributed by atoms with Crippen LogP contribution in [-0.2, 0) is 9.47 Å². The van der Waals surface area contributed by atoms with E-state index in [-0.39, 0.29) is 0 Å². The summed E-state index contributed by atoms with van der Waals surface area (Å²) >= 11 is 9.68. The van der Waals surface area contributed by atoms with Crippen LogP contribution in [0.5, 0.6) is 0 Å². The van der Waals surface area contributed by atoms with E-state index in [9.17, 15) is 19.2 Å². The van der Waals surface area contributed by atoms with E-state index in [1.54, 1.807) is 0 Å². The predicted molar refractivity (Wildman–Crippen MR) is 57.6 cm³/mol. The monoisotopic (exact) mass is 291 g/mol. The molecule has 0 aliphatic rings. The molecule has 0 aromatic carbocycles. The molecule has 0 radical (unpaired) electrons. The lowest BCUT2D eigenvalue weighted by molar-refractivity contribution is 0.0609. The first kappa shape index (κ1) is 14.1. The van der Waals surface area contributed by atoms with E-state index in [2.05, 4.69) is 14.5 Å². The van der Waals surface area contributed by atoms with Crippen molar-refractivity contribution in [1.29, 1.82) is 0 Å². The van der Waals surface area contributed by atoms with Gasteiger partial charge in [0.1, 0.15) is 0 Å². The molecule has 9 heteroatoms. The number of carbonyl (C=O) groups is 4. The summed E-state index contributed by atoms with van der Waals surface area (Å²) in [6.45, 7) is 0. The highest BCUT2D eigenvalue weighted by atomic mass is 35.5. The number of carbonyl (C=O) groups excluding carboxylic acids is 4. The molecule has 1 heterocycles. The first-order valence-electron chi connectivity index (χ1n) is 4.20. The molecule has 7 nitrogen and oxygen atoms in total. The Morgan fingerprint density at radius 2 is 1.56 bits per heavy atom. The molecule has 1 aromatic heterocycles. The van der Waals surface area contributed by atoms with E-state index in [0.717, 1.165) is 12.3 Å². The van der Waals surface area contributed by atoms with Gasteiger partial charge < -0.3 is 9.47 Å². The average molecular weight is 292 g/mol. The highest BCUT2D eigenvalue weighted by Gasteiger charge is 2.23. The van der Waals surface area contributed by atoms with Crippen LogP contribution >= 0.6 is 23.2 Å². The minimum absolute atomic E-state index is 0.394. The second-order valence-corrected chi connectivity index (χ2v) is 3.27. The molecule has 0 fully saturated rings. The molecule has 18 heavy (non-hydrogen) atoms. The largest absolute Gasteiger partial charge is 0.411 e. The van der Waals surface area contributed by atoms with Crippen molar-refractivity contribution < 1.29 is 28.7 Å². The fourth-order valence-corrected chi connectivity index (χ4v) is 1.12. The Morgan fingerprint density at radius 1 is 1.00 bits per heavy atom. The van der Waals surface area contributed by atoms with Gasteiger partial charge in [-0.1, -0.05) is 0 Å². The quantitative estimate of drug-likeness (QED) is 0.467. The molecule has 0 bridgehead atoms. The van der Waals surface area contributed by atoms with Crippen LogP contribution in [0, 0.1) is 0 Å². The summed E-state index contributed by atoms with van der Waals surface area (Å²) in [6.07, 6.45) is 1.16. The summed E-state index contributed by atoms with van der Waals surface area (Å²) in [6, 6.07) is 2.43. The predicted octanol–water partition coefficient (Wildman–Crippen LogP) is 2.11. The Kier molecular flexibility index (Phi) is 4.75. The van der Waals surface area contributed by atoms with Gasteiger partial charge >= 0.3 is 22.8 Å². The van der Waals surface area contributed by atoms with Crippen molar-refractivity contribution in [2.75, 3.05) is 0 Å². The van der Waals surface area contributed by atoms with Crippen molar-refractivity contribution in [2.45, 2.75) is 0 Å². The number of nitrogens with zero attached hydrogens (tertiary/aromatic N) is 1. The van der Waals surface area contributed by atoms with Gasteiger partial charge in [-0.05, 0) is 12.1 Å². The topological polar surface area (TPSA) is 99.6 Å². The maximum absolute atomic E-state index is 11.4. The second-order valence-electron chi connectivity index (χ2n) is 2.65. The molecular formula is C9H3Cl2NO6. The summed E-state index contributed by atoms with van der Waals surface area (Å²) in [4.78, 5) is 47.0. The van der Waals surface area contributed by atoms with E-state index >= 15 is 0 Å². The molecule has 0 saturated heterocycles. The number of ether oxygens (including phenoxy) is 2. The number of rotatable bonds is 2. The summed E-state index contributed by atoms with van der Waals surface area (Å²) < 4.78 is 8.09. The van der Waals surface area contributed by atoms with E-state index in [0.29, 0.717) is 0 Å². The molecule has 1 aromatic rings. The Hall–Kier alpha value is -1.99. The lowest BCUT2D eigenvalue weighted by Gasteiger charge is -2.04. The Balaban J connectivity index is 3.06. The van der Waals surface area contributed by atoms with Crippen molar-refractivity contribution in [2.24, 2.45) is 0 Å². The molecule has 0 N–H and O–H groups in total. The fourth-order valence-electron chi connectivity index (χ4n) is 0.982. The van der Waals surface area contributed by atoms with Crippen LogP contribution in [-0.4, -0.2) is 27.8 Å². The lowest BCUT2D eigenvalue weighted by Crippen LogP contribution is -2.17. The summed E-state index contributed by atoms with van der Waals surface area (Å²) in [5.74, 6) is -2.47. The van der Waals surface area contributed by atoms with Crippen molar-refractivity contribution in [3.63, 3.8) is 0 Å². The van der Waals surface area contributed by atoms with Gasteiger partial charge in [-0.2, -0.15) is 0 Å². The van der Waals surface area contributed by atoms with Crippen molar-refractivity contribution >= 4 is 46.0 Å². The van der Waals surface area contributed by atoms with Crippen LogP contribution in [0.2, 0.25) is 0 Å². The Morgan fingerprint density at radius 3 is 2.11 bits per heavy atom. The molecule has 0 aliphatic heterocycles. The minimum Gasteiger partial charge on any atom is -0.377 e. The molecule has 0 aliphatic carbocycles. The van der Waals surface area contributed by atoms with Crippen LogP contribution < -0.4 is 0 Å². The number of pyridine rings is 1. The number of hydrogen-bond donors (Lipinski definition) is 0. The molecule has 0 atom stereocenters.